The number of allylic oxidation sites excluding steroid dienone is 1. The van der Waals surface area contributed by atoms with E-state index in [1.165, 1.54) is 26.6 Å². The Morgan fingerprint density at radius 1 is 1.04 bits per heavy atom. The normalized spacial score (nSPS) is 26.2. The van der Waals surface area contributed by atoms with Gasteiger partial charge in [-0.25, -0.2) is 4.39 Å². The maximum absolute atomic E-state index is 15.5. The molecule has 5 amide bonds. The number of nitrogens with one attached hydrogen (secondary N) is 2. The van der Waals surface area contributed by atoms with E-state index in [2.05, 4.69) is 33.3 Å². The van der Waals surface area contributed by atoms with Gasteiger partial charge in [-0.15, -0.1) is 0 Å². The molecule has 2 spiro atoms. The Kier molecular flexibility index (Phi) is 15.6. The number of halogens is 6. The second-order valence-electron chi connectivity index (χ2n) is 23.1. The van der Waals surface area contributed by atoms with Crippen molar-refractivity contribution in [2.45, 2.75) is 100 Å². The summed E-state index contributed by atoms with van der Waals surface area (Å²) in [5, 5.41) is 5.43. The Morgan fingerprint density at radius 3 is 2.45 bits per heavy atom. The van der Waals surface area contributed by atoms with Crippen molar-refractivity contribution < 1.29 is 72.2 Å². The van der Waals surface area contributed by atoms with Gasteiger partial charge in [0.1, 0.15) is 6.67 Å². The number of amides is 5. The summed E-state index contributed by atoms with van der Waals surface area (Å²) in [6, 6.07) is 14.8. The number of hydrogen-bond donors (Lipinski definition) is 2. The molecule has 1 aliphatic carbocycles. The molecule has 4 fully saturated rings. The first-order chi connectivity index (χ1) is 37.1. The number of esters is 1. The number of pyridine rings is 1. The number of likely N-dealkylation sites (N-methyl/N-ethyl adjacent to an activating group) is 1. The predicted octanol–water partition coefficient (Wildman–Crippen LogP) is 4.99. The Labute approximate surface area is 475 Å². The van der Waals surface area contributed by atoms with Gasteiger partial charge in [0.2, 0.25) is 5.91 Å². The molecule has 21 heteroatoms. The number of carbonyl (C=O) groups excluding carboxylic acids is 5. The summed E-state index contributed by atoms with van der Waals surface area (Å²) in [7, 11) is 3.23. The number of urea groups is 1. The van der Waals surface area contributed by atoms with Gasteiger partial charge in [0.15, 0.2) is 0 Å². The minimum atomic E-state index is -4.58. The summed E-state index contributed by atoms with van der Waals surface area (Å²) in [5.41, 5.74) is 4.64. The van der Waals surface area contributed by atoms with Crippen LogP contribution in [0.25, 0.3) is 33.3 Å². The number of hydrogen-bond acceptors (Lipinski definition) is 9. The summed E-state index contributed by atoms with van der Waals surface area (Å²) in [6.45, 7) is 7.87. The van der Waals surface area contributed by atoms with Crippen molar-refractivity contribution >= 4 is 63.2 Å². The number of alkyl halides is 7. The molecular formula is C57H67F4I2N8O7-. The predicted molar refractivity (Wildman–Crippen MR) is 289 cm³/mol. The van der Waals surface area contributed by atoms with E-state index in [9.17, 15) is 36.7 Å². The molecule has 7 heterocycles. The van der Waals surface area contributed by atoms with E-state index >= 15 is 4.79 Å². The van der Waals surface area contributed by atoms with Crippen LogP contribution < -0.4 is 31.9 Å². The average molecular weight is 1310 g/mol. The molecule has 2 aromatic heterocycles. The van der Waals surface area contributed by atoms with Crippen molar-refractivity contribution in [1.29, 1.82) is 0 Å². The molecule has 2 N–H and O–H groups in total. The van der Waals surface area contributed by atoms with Gasteiger partial charge in [-0.2, -0.15) is 13.2 Å². The summed E-state index contributed by atoms with van der Waals surface area (Å²) in [6.07, 6.45) is 1.98. The van der Waals surface area contributed by atoms with Crippen molar-refractivity contribution in [3.8, 4) is 22.4 Å². The second-order valence-corrected chi connectivity index (χ2v) is 26.8. The molecule has 420 valence electrons. The van der Waals surface area contributed by atoms with Gasteiger partial charge in [0.25, 0.3) is 0 Å². The number of cyclic esters (lactones) is 1. The molecule has 10 rings (SSSR count). The van der Waals surface area contributed by atoms with Gasteiger partial charge < -0.3 is 4.74 Å². The van der Waals surface area contributed by atoms with Crippen LogP contribution in [0.1, 0.15) is 76.1 Å². The molecule has 4 saturated heterocycles. The fraction of sp³-hybridized carbons (Fsp3) is 0.544. The first-order valence-corrected chi connectivity index (χ1v) is 30.9. The quantitative estimate of drug-likeness (QED) is 0.0589. The number of aromatic nitrogens is 2. The van der Waals surface area contributed by atoms with Crippen molar-refractivity contribution in [3.63, 3.8) is 0 Å². The van der Waals surface area contributed by atoms with Gasteiger partial charge in [0, 0.05) is 23.8 Å². The molecule has 4 aromatic rings. The van der Waals surface area contributed by atoms with Gasteiger partial charge in [-0.3, -0.25) is 9.78 Å². The van der Waals surface area contributed by atoms with Crippen LogP contribution >= 0.6 is 22.6 Å². The standard InChI is InChI=1S/C57H67F4I2N8O7/c1-34(2)44(67(5)52(76)68-23-18-54(19-24-68)30-69(31-54)42(72)15-8-20-58)48(73)65-50-55(29-63-50)27-35-11-7-12-36(25-35)37-16-17-41-39(26-37)43-45(70(41)32-57(59,60)61)38-13-9-21-64-47(38)56(28-62,77-6)46(43)53(3,4)33-78-49(74)40-14-10-22-71(66-40)51(55)75/h7-9,11-13,15-17,21,25-26,34,40,44,46,50,66H,10,14,18-20,22-24,27-33H2,1-6H3,(H,65,73)/q-1/b15-8+/t40-,44-,46?,50?,55-,56-/m0/s1. The zero-order chi connectivity index (χ0) is 55.7. The molecular weight excluding hydrogens is 1240 g/mol. The molecule has 15 nitrogen and oxygen atoms in total. The average Bonchev–Trinajstić information content (AvgIpc) is 3.58. The number of carbonyl (C=O) groups is 5. The Bertz CT molecular complexity index is 3040. The van der Waals surface area contributed by atoms with Gasteiger partial charge in [-0.05, 0) is 18.2 Å². The van der Waals surface area contributed by atoms with Gasteiger partial charge in [-0.1, -0.05) is 22.6 Å². The molecule has 2 aromatic carbocycles. The Balaban J connectivity index is 0.995. The molecule has 0 radical (unpaired) electrons. The third-order valence-corrected chi connectivity index (χ3v) is 22.5. The number of fused-ring (bicyclic) bond motifs is 8. The zero-order valence-electron chi connectivity index (χ0n) is 44.7. The van der Waals surface area contributed by atoms with Crippen LogP contribution in [0.3, 0.4) is 0 Å². The number of ether oxygens (including phenoxy) is 2. The van der Waals surface area contributed by atoms with Crippen LogP contribution in [0.5, 0.6) is 0 Å². The van der Waals surface area contributed by atoms with E-state index in [0.29, 0.717) is 101 Å². The van der Waals surface area contributed by atoms with Crippen LogP contribution in [-0.2, 0) is 47.2 Å². The monoisotopic (exact) mass is 1310 g/mol. The third kappa shape index (κ3) is 9.99. The fourth-order valence-electron chi connectivity index (χ4n) is 13.3. The number of nitrogens with zero attached hydrogens (tertiary/aromatic N) is 6. The van der Waals surface area contributed by atoms with Crippen LogP contribution in [0.15, 0.2) is 72.9 Å². The molecule has 2 unspecified atom stereocenters. The topological polar surface area (TPSA) is 159 Å². The molecule has 0 saturated carbocycles. The number of hydrazine groups is 1. The van der Waals surface area contributed by atoms with E-state index in [0.717, 1.165) is 16.7 Å². The third-order valence-electron chi connectivity index (χ3n) is 17.2. The first kappa shape index (κ1) is 56.4. The van der Waals surface area contributed by atoms with Crippen LogP contribution in [0, 0.1) is 22.2 Å². The van der Waals surface area contributed by atoms with Crippen LogP contribution in [0.2, 0.25) is 0 Å². The Hall–Kier alpha value is -4.88. The number of piperidine rings is 1. The van der Waals surface area contributed by atoms with Crippen molar-refractivity contribution in [1.82, 2.24) is 40.0 Å². The summed E-state index contributed by atoms with van der Waals surface area (Å²) in [4.78, 5) is 81.1. The number of benzene rings is 2. The molecule has 6 aliphatic rings. The van der Waals surface area contributed by atoms with Gasteiger partial charge in [0.05, 0.1) is 5.69 Å². The summed E-state index contributed by atoms with van der Waals surface area (Å²) < 4.78 is 71.8. The van der Waals surface area contributed by atoms with E-state index < -0.39 is 85.1 Å². The molecule has 5 aliphatic heterocycles. The van der Waals surface area contributed by atoms with E-state index in [-0.39, 0.29) is 48.1 Å². The van der Waals surface area contributed by atoms with Gasteiger partial charge >= 0.3 is 364 Å². The van der Waals surface area contributed by atoms with Crippen LogP contribution in [-0.4, -0.2) is 150 Å². The van der Waals surface area contributed by atoms with Crippen LogP contribution in [0.4, 0.5) is 22.4 Å². The van der Waals surface area contributed by atoms with E-state index in [1.54, 1.807) is 48.4 Å². The molecule has 78 heavy (non-hydrogen) atoms. The number of rotatable bonds is 9. The second kappa shape index (κ2) is 21.5. The van der Waals surface area contributed by atoms with E-state index in [1.807, 2.05) is 64.1 Å². The summed E-state index contributed by atoms with van der Waals surface area (Å²) in [5.74, 6) is -2.39. The van der Waals surface area contributed by atoms with Crippen molar-refractivity contribution in [2.24, 2.45) is 22.2 Å². The van der Waals surface area contributed by atoms with Crippen molar-refractivity contribution in [3.05, 3.63) is 89.8 Å². The number of likely N-dealkylation sites (tertiary alicyclic amines) is 2. The SMILES string of the molecule is CO[C@]1(CI)c2ncccc2-c2c3c4cc(ccc4n2CC(F)(F)F)-c2cccc(c2)C[C@@]2(C[I-]C2NC(=O)[C@H](C(C)C)N(C)C(=O)N2CCC4(CC2)CN(C(=O)/C=C/CF)C4)C(=O)N2CCC[C@H](N2)C(=O)OCC(C)(C)C31. The molecule has 6 bridgehead atoms. The number of methoxy groups -OCH3 is 1. The molecule has 6 atom stereocenters. The summed E-state index contributed by atoms with van der Waals surface area (Å²) >= 11 is 1.48. The zero-order valence-corrected chi connectivity index (χ0v) is 49.0. The fourth-order valence-corrected chi connectivity index (χ4v) is 18.0. The Morgan fingerprint density at radius 2 is 1.78 bits per heavy atom. The minimum absolute atomic E-state index is 0.109. The van der Waals surface area contributed by atoms with E-state index in [4.69, 9.17) is 14.5 Å². The van der Waals surface area contributed by atoms with Crippen molar-refractivity contribution in [2.75, 3.05) is 69.0 Å². The first-order valence-electron chi connectivity index (χ1n) is 26.6. The maximum atomic E-state index is 15.5.